The first-order valence-electron chi connectivity index (χ1n) is 13.2. The molecule has 11 heteroatoms. The summed E-state index contributed by atoms with van der Waals surface area (Å²) in [6.07, 6.45) is 5.90. The molecule has 5 rings (SSSR count). The minimum absolute atomic E-state index is 0.0423. The van der Waals surface area contributed by atoms with Crippen LogP contribution in [0.25, 0.3) is 0 Å². The van der Waals surface area contributed by atoms with E-state index in [-0.39, 0.29) is 29.7 Å². The van der Waals surface area contributed by atoms with Crippen LogP contribution in [0, 0.1) is 0 Å². The highest BCUT2D eigenvalue weighted by molar-refractivity contribution is 5.99. The second-order valence-electron chi connectivity index (χ2n) is 10.3. The fraction of sp³-hybridized carbons (Fsp3) is 0.519. The van der Waals surface area contributed by atoms with E-state index >= 15 is 0 Å². The van der Waals surface area contributed by atoms with Gasteiger partial charge in [0, 0.05) is 38.0 Å². The van der Waals surface area contributed by atoms with Crippen LogP contribution in [-0.4, -0.2) is 85.4 Å². The molecule has 11 nitrogen and oxygen atoms in total. The largest absolute Gasteiger partial charge is 0.495 e. The Balaban J connectivity index is 1.37. The molecular formula is C27H35N7O4. The fourth-order valence-corrected chi connectivity index (χ4v) is 5.41. The van der Waals surface area contributed by atoms with Gasteiger partial charge in [-0.05, 0) is 64.0 Å². The molecule has 38 heavy (non-hydrogen) atoms. The lowest BCUT2D eigenvalue weighted by Gasteiger charge is -2.29. The summed E-state index contributed by atoms with van der Waals surface area (Å²) in [7, 11) is 5.34. The molecule has 0 bridgehead atoms. The number of nitrogens with zero attached hydrogens (tertiary/aromatic N) is 5. The van der Waals surface area contributed by atoms with Crippen molar-refractivity contribution in [1.82, 2.24) is 20.2 Å². The Kier molecular flexibility index (Phi) is 7.46. The number of nitrogens with one attached hydrogen (secondary N) is 2. The number of ether oxygens (including phenoxy) is 1. The SMILES string of the molecule is COc1cc(C(=O)NC2CCN(C)CC2)ccc1Nc1ncc2c(n1)N(C1CCCC1=O)CCC(=O)N2C. The van der Waals surface area contributed by atoms with Gasteiger partial charge in [0.1, 0.15) is 11.4 Å². The lowest BCUT2D eigenvalue weighted by molar-refractivity contribution is -0.119. The quantitative estimate of drug-likeness (QED) is 0.590. The van der Waals surface area contributed by atoms with Gasteiger partial charge < -0.3 is 30.1 Å². The van der Waals surface area contributed by atoms with E-state index in [9.17, 15) is 14.4 Å². The van der Waals surface area contributed by atoms with E-state index < -0.39 is 0 Å². The summed E-state index contributed by atoms with van der Waals surface area (Å²) in [6.45, 7) is 2.36. The molecule has 1 aromatic carbocycles. The van der Waals surface area contributed by atoms with E-state index in [1.54, 1.807) is 43.5 Å². The highest BCUT2D eigenvalue weighted by atomic mass is 16.5. The van der Waals surface area contributed by atoms with Crippen LogP contribution < -0.4 is 25.2 Å². The fourth-order valence-electron chi connectivity index (χ4n) is 5.41. The van der Waals surface area contributed by atoms with Crippen molar-refractivity contribution in [3.63, 3.8) is 0 Å². The number of aromatic nitrogens is 2. The van der Waals surface area contributed by atoms with E-state index in [0.717, 1.165) is 38.8 Å². The Labute approximate surface area is 222 Å². The molecule has 1 aliphatic carbocycles. The summed E-state index contributed by atoms with van der Waals surface area (Å²) < 4.78 is 5.58. The monoisotopic (exact) mass is 521 g/mol. The zero-order valence-corrected chi connectivity index (χ0v) is 22.2. The molecule has 3 aliphatic rings. The number of hydrogen-bond donors (Lipinski definition) is 2. The predicted octanol–water partition coefficient (Wildman–Crippen LogP) is 2.35. The Morgan fingerprint density at radius 2 is 1.87 bits per heavy atom. The van der Waals surface area contributed by atoms with Crippen LogP contribution in [0.15, 0.2) is 24.4 Å². The van der Waals surface area contributed by atoms with Crippen molar-refractivity contribution >= 4 is 40.7 Å². The van der Waals surface area contributed by atoms with Crippen molar-refractivity contribution in [2.45, 2.75) is 50.6 Å². The molecule has 1 atom stereocenters. The summed E-state index contributed by atoms with van der Waals surface area (Å²) in [5, 5.41) is 6.32. The van der Waals surface area contributed by atoms with Gasteiger partial charge >= 0.3 is 0 Å². The molecule has 1 saturated heterocycles. The van der Waals surface area contributed by atoms with Crippen LogP contribution in [0.3, 0.4) is 0 Å². The first-order valence-corrected chi connectivity index (χ1v) is 13.2. The van der Waals surface area contributed by atoms with E-state index in [1.807, 2.05) is 4.90 Å². The van der Waals surface area contributed by atoms with Gasteiger partial charge in [0.15, 0.2) is 11.6 Å². The Morgan fingerprint density at radius 1 is 1.08 bits per heavy atom. The molecule has 1 unspecified atom stereocenters. The number of fused-ring (bicyclic) bond motifs is 1. The predicted molar refractivity (Wildman–Crippen MR) is 144 cm³/mol. The number of anilines is 4. The Morgan fingerprint density at radius 3 is 2.58 bits per heavy atom. The van der Waals surface area contributed by atoms with Gasteiger partial charge in [0.05, 0.1) is 25.0 Å². The second kappa shape index (κ2) is 10.9. The number of benzene rings is 1. The molecule has 1 aromatic heterocycles. The summed E-state index contributed by atoms with van der Waals surface area (Å²) >= 11 is 0. The molecule has 0 radical (unpaired) electrons. The molecule has 2 fully saturated rings. The van der Waals surface area contributed by atoms with Crippen molar-refractivity contribution in [3.8, 4) is 5.75 Å². The Bertz CT molecular complexity index is 1230. The number of piperidine rings is 1. The van der Waals surface area contributed by atoms with Gasteiger partial charge in [-0.1, -0.05) is 0 Å². The van der Waals surface area contributed by atoms with Gasteiger partial charge in [-0.15, -0.1) is 0 Å². The van der Waals surface area contributed by atoms with Crippen LogP contribution in [0.2, 0.25) is 0 Å². The number of ketones is 1. The van der Waals surface area contributed by atoms with E-state index in [0.29, 0.717) is 53.8 Å². The molecular weight excluding hydrogens is 486 g/mol. The van der Waals surface area contributed by atoms with Crippen molar-refractivity contribution in [2.75, 3.05) is 56.0 Å². The average molecular weight is 522 g/mol. The smallest absolute Gasteiger partial charge is 0.251 e. The molecule has 2 N–H and O–H groups in total. The van der Waals surface area contributed by atoms with E-state index in [2.05, 4.69) is 27.6 Å². The third-order valence-electron chi connectivity index (χ3n) is 7.74. The maximum Gasteiger partial charge on any atom is 0.251 e. The van der Waals surface area contributed by atoms with Crippen molar-refractivity contribution < 1.29 is 19.1 Å². The number of carbonyl (C=O) groups is 3. The summed E-state index contributed by atoms with van der Waals surface area (Å²) in [5.41, 5.74) is 1.69. The number of hydrogen-bond acceptors (Lipinski definition) is 9. The third kappa shape index (κ3) is 5.28. The van der Waals surface area contributed by atoms with Gasteiger partial charge in [0.25, 0.3) is 5.91 Å². The van der Waals surface area contributed by atoms with Crippen LogP contribution >= 0.6 is 0 Å². The minimum Gasteiger partial charge on any atom is -0.495 e. The first kappa shape index (κ1) is 25.9. The van der Waals surface area contributed by atoms with Crippen LogP contribution in [0.5, 0.6) is 5.75 Å². The molecule has 2 amide bonds. The standard InChI is InChI=1S/C27H35N7O4/c1-32-12-9-18(10-13-32)29-26(37)17-7-8-19(23(15-17)38-3)30-27-28-16-21-25(31-27)34(14-11-24(36)33(21)2)20-5-4-6-22(20)35/h7-8,15-16,18,20H,4-6,9-14H2,1-3H3,(H,29,37)(H,28,30,31). The number of amides is 2. The summed E-state index contributed by atoms with van der Waals surface area (Å²) in [5.74, 6) is 1.36. The number of rotatable bonds is 6. The van der Waals surface area contributed by atoms with Crippen molar-refractivity contribution in [2.24, 2.45) is 0 Å². The molecule has 2 aromatic rings. The normalized spacial score (nSPS) is 20.8. The zero-order chi connectivity index (χ0) is 26.8. The third-order valence-corrected chi connectivity index (χ3v) is 7.74. The van der Waals surface area contributed by atoms with E-state index in [1.165, 1.54) is 0 Å². The second-order valence-corrected chi connectivity index (χ2v) is 10.3. The van der Waals surface area contributed by atoms with Gasteiger partial charge in [-0.2, -0.15) is 4.98 Å². The Hall–Kier alpha value is -3.73. The first-order chi connectivity index (χ1) is 18.3. The average Bonchev–Trinajstić information content (AvgIpc) is 3.30. The van der Waals surface area contributed by atoms with Gasteiger partial charge in [-0.25, -0.2) is 4.98 Å². The molecule has 2 aliphatic heterocycles. The summed E-state index contributed by atoms with van der Waals surface area (Å²) in [4.78, 5) is 53.0. The zero-order valence-electron chi connectivity index (χ0n) is 22.2. The topological polar surface area (TPSA) is 120 Å². The maximum atomic E-state index is 12.9. The molecule has 202 valence electrons. The van der Waals surface area contributed by atoms with Gasteiger partial charge in [0.2, 0.25) is 11.9 Å². The highest BCUT2D eigenvalue weighted by Gasteiger charge is 2.36. The van der Waals surface area contributed by atoms with Gasteiger partial charge in [-0.3, -0.25) is 14.4 Å². The maximum absolute atomic E-state index is 12.9. The van der Waals surface area contributed by atoms with Crippen molar-refractivity contribution in [3.05, 3.63) is 30.0 Å². The lowest BCUT2D eigenvalue weighted by atomic mass is 10.0. The van der Waals surface area contributed by atoms with Crippen LogP contribution in [-0.2, 0) is 9.59 Å². The summed E-state index contributed by atoms with van der Waals surface area (Å²) in [6, 6.07) is 5.09. The van der Waals surface area contributed by atoms with Crippen LogP contribution in [0.1, 0.15) is 48.9 Å². The molecule has 3 heterocycles. The highest BCUT2D eigenvalue weighted by Crippen LogP contribution is 2.36. The number of methoxy groups -OCH3 is 1. The molecule has 1 saturated carbocycles. The minimum atomic E-state index is -0.285. The lowest BCUT2D eigenvalue weighted by Crippen LogP contribution is -2.43. The number of Topliss-reactive ketones (excluding diaryl/α,β-unsaturated/α-hetero) is 1. The molecule has 0 spiro atoms. The van der Waals surface area contributed by atoms with Crippen molar-refractivity contribution in [1.29, 1.82) is 0 Å². The number of likely N-dealkylation sites (tertiary alicyclic amines) is 1. The van der Waals surface area contributed by atoms with Crippen LogP contribution in [0.4, 0.5) is 23.1 Å². The number of carbonyl (C=O) groups excluding carboxylic acids is 3. The van der Waals surface area contributed by atoms with E-state index in [4.69, 9.17) is 9.72 Å².